The second kappa shape index (κ2) is 4.02. The first-order valence-electron chi connectivity index (χ1n) is 6.55. The summed E-state index contributed by atoms with van der Waals surface area (Å²) >= 11 is 3.44. The molecule has 2 bridgehead atoms. The van der Waals surface area contributed by atoms with Crippen LogP contribution in [0.3, 0.4) is 0 Å². The van der Waals surface area contributed by atoms with E-state index in [0.717, 1.165) is 10.0 Å². The van der Waals surface area contributed by atoms with Gasteiger partial charge in [0.05, 0.1) is 29.7 Å². The fourth-order valence-electron chi connectivity index (χ4n) is 3.28. The molecule has 2 amide bonds. The van der Waals surface area contributed by atoms with E-state index in [1.807, 2.05) is 37.3 Å². The third-order valence-electron chi connectivity index (χ3n) is 4.32. The van der Waals surface area contributed by atoms with Crippen LogP contribution in [0.5, 0.6) is 0 Å². The zero-order chi connectivity index (χ0) is 14.0. The maximum Gasteiger partial charge on any atom is 0.240 e. The molecule has 3 heterocycles. The smallest absolute Gasteiger partial charge is 0.240 e. The lowest BCUT2D eigenvalue weighted by atomic mass is 9.85. The second-order valence-electron chi connectivity index (χ2n) is 5.45. The molecule has 2 fully saturated rings. The van der Waals surface area contributed by atoms with Gasteiger partial charge in [-0.15, -0.1) is 0 Å². The molecule has 0 radical (unpaired) electrons. The number of halogens is 1. The van der Waals surface area contributed by atoms with Gasteiger partial charge < -0.3 is 4.74 Å². The van der Waals surface area contributed by atoms with Gasteiger partial charge in [-0.3, -0.25) is 9.59 Å². The van der Waals surface area contributed by atoms with Gasteiger partial charge in [0.2, 0.25) is 11.8 Å². The summed E-state index contributed by atoms with van der Waals surface area (Å²) in [6.07, 6.45) is 3.32. The lowest BCUT2D eigenvalue weighted by Gasteiger charge is -2.18. The Kier molecular flexibility index (Phi) is 2.47. The average Bonchev–Trinajstić information content (AvgIpc) is 3.08. The van der Waals surface area contributed by atoms with Crippen LogP contribution in [-0.2, 0) is 14.3 Å². The molecule has 3 aliphatic heterocycles. The highest BCUT2D eigenvalue weighted by Crippen LogP contribution is 2.46. The monoisotopic (exact) mass is 333 g/mol. The van der Waals surface area contributed by atoms with Crippen LogP contribution in [0.1, 0.15) is 5.56 Å². The van der Waals surface area contributed by atoms with Crippen LogP contribution in [0.25, 0.3) is 0 Å². The van der Waals surface area contributed by atoms with E-state index in [1.54, 1.807) is 0 Å². The fraction of sp³-hybridized carbons (Fsp3) is 0.333. The van der Waals surface area contributed by atoms with Crippen molar-refractivity contribution in [1.82, 2.24) is 0 Å². The number of aryl methyl sites for hydroxylation is 1. The number of amides is 2. The summed E-state index contributed by atoms with van der Waals surface area (Å²) in [4.78, 5) is 26.4. The molecular weight excluding hydrogens is 322 g/mol. The maximum atomic E-state index is 12.6. The van der Waals surface area contributed by atoms with E-state index in [4.69, 9.17) is 4.74 Å². The highest BCUT2D eigenvalue weighted by Gasteiger charge is 2.60. The zero-order valence-electron chi connectivity index (χ0n) is 10.7. The zero-order valence-corrected chi connectivity index (χ0v) is 12.3. The van der Waals surface area contributed by atoms with Gasteiger partial charge in [0, 0.05) is 4.47 Å². The number of rotatable bonds is 1. The van der Waals surface area contributed by atoms with Crippen molar-refractivity contribution in [3.05, 3.63) is 40.4 Å². The molecule has 102 valence electrons. The van der Waals surface area contributed by atoms with Gasteiger partial charge in [0.1, 0.15) is 0 Å². The maximum absolute atomic E-state index is 12.6. The Bertz CT molecular complexity index is 639. The molecule has 4 rings (SSSR count). The van der Waals surface area contributed by atoms with Crippen molar-refractivity contribution in [3.8, 4) is 0 Å². The van der Waals surface area contributed by atoms with Crippen LogP contribution in [0, 0.1) is 18.8 Å². The van der Waals surface area contributed by atoms with Crippen LogP contribution in [0.15, 0.2) is 34.8 Å². The third kappa shape index (κ3) is 1.45. The Labute approximate surface area is 124 Å². The van der Waals surface area contributed by atoms with Gasteiger partial charge in [-0.05, 0) is 24.6 Å². The lowest BCUT2D eigenvalue weighted by molar-refractivity contribution is -0.124. The quantitative estimate of drug-likeness (QED) is 0.584. The number of carbonyl (C=O) groups excluding carboxylic acids is 2. The van der Waals surface area contributed by atoms with Crippen molar-refractivity contribution in [2.45, 2.75) is 19.1 Å². The first-order valence-corrected chi connectivity index (χ1v) is 7.35. The van der Waals surface area contributed by atoms with E-state index in [0.29, 0.717) is 5.69 Å². The molecule has 0 spiro atoms. The van der Waals surface area contributed by atoms with Crippen molar-refractivity contribution in [2.75, 3.05) is 4.90 Å². The van der Waals surface area contributed by atoms with Gasteiger partial charge in [0.15, 0.2) is 0 Å². The van der Waals surface area contributed by atoms with E-state index in [9.17, 15) is 9.59 Å². The molecule has 2 saturated heterocycles. The predicted molar refractivity (Wildman–Crippen MR) is 76.2 cm³/mol. The van der Waals surface area contributed by atoms with Crippen molar-refractivity contribution in [2.24, 2.45) is 11.8 Å². The van der Waals surface area contributed by atoms with Gasteiger partial charge in [-0.2, -0.15) is 0 Å². The Morgan fingerprint density at radius 2 is 1.70 bits per heavy atom. The largest absolute Gasteiger partial charge is 0.365 e. The van der Waals surface area contributed by atoms with Crippen molar-refractivity contribution in [1.29, 1.82) is 0 Å². The Morgan fingerprint density at radius 1 is 1.10 bits per heavy atom. The summed E-state index contributed by atoms with van der Waals surface area (Å²) in [5, 5.41) is 0. The highest BCUT2D eigenvalue weighted by atomic mass is 79.9. The fourth-order valence-corrected chi connectivity index (χ4v) is 3.65. The van der Waals surface area contributed by atoms with Crippen LogP contribution < -0.4 is 4.90 Å². The minimum absolute atomic E-state index is 0.146. The number of anilines is 1. The van der Waals surface area contributed by atoms with Gasteiger partial charge >= 0.3 is 0 Å². The van der Waals surface area contributed by atoms with Crippen LogP contribution >= 0.6 is 15.9 Å². The molecule has 3 aliphatic rings. The third-order valence-corrected chi connectivity index (χ3v) is 5.18. The first-order chi connectivity index (χ1) is 9.58. The van der Waals surface area contributed by atoms with Crippen LogP contribution in [0.4, 0.5) is 5.69 Å². The summed E-state index contributed by atoms with van der Waals surface area (Å²) in [7, 11) is 0. The summed E-state index contributed by atoms with van der Waals surface area (Å²) < 4.78 is 6.51. The van der Waals surface area contributed by atoms with Crippen molar-refractivity contribution in [3.63, 3.8) is 0 Å². The first kappa shape index (κ1) is 12.3. The summed E-state index contributed by atoms with van der Waals surface area (Å²) in [6, 6.07) is 5.53. The molecule has 0 aromatic heterocycles. The van der Waals surface area contributed by atoms with E-state index in [1.165, 1.54) is 4.90 Å². The number of benzene rings is 1. The molecule has 0 N–H and O–H groups in total. The number of nitrogens with zero attached hydrogens (tertiary/aromatic N) is 1. The van der Waals surface area contributed by atoms with E-state index < -0.39 is 0 Å². The molecule has 20 heavy (non-hydrogen) atoms. The van der Waals surface area contributed by atoms with Crippen LogP contribution in [0.2, 0.25) is 0 Å². The minimum atomic E-state index is -0.349. The predicted octanol–water partition coefficient (Wildman–Crippen LogP) is 2.20. The topological polar surface area (TPSA) is 46.6 Å². The van der Waals surface area contributed by atoms with Gasteiger partial charge in [-0.25, -0.2) is 4.90 Å². The number of carbonyl (C=O) groups is 2. The summed E-state index contributed by atoms with van der Waals surface area (Å²) in [5.74, 6) is -0.990. The van der Waals surface area contributed by atoms with Crippen molar-refractivity contribution < 1.29 is 14.3 Å². The Morgan fingerprint density at radius 3 is 2.25 bits per heavy atom. The molecule has 0 saturated carbocycles. The van der Waals surface area contributed by atoms with E-state index >= 15 is 0 Å². The molecule has 4 nitrogen and oxygen atoms in total. The second-order valence-corrected chi connectivity index (χ2v) is 6.30. The Balaban J connectivity index is 1.76. The molecular formula is C15H12BrNO3. The van der Waals surface area contributed by atoms with E-state index in [-0.39, 0.29) is 35.9 Å². The number of fused-ring (bicyclic) bond motifs is 5. The normalized spacial score (nSPS) is 34.2. The van der Waals surface area contributed by atoms with Crippen molar-refractivity contribution >= 4 is 33.4 Å². The molecule has 0 unspecified atom stereocenters. The molecule has 1 aromatic carbocycles. The summed E-state index contributed by atoms with van der Waals surface area (Å²) in [6.45, 7) is 1.97. The molecule has 4 atom stereocenters. The number of ether oxygens (including phenoxy) is 1. The summed E-state index contributed by atoms with van der Waals surface area (Å²) in [5.41, 5.74) is 1.70. The highest BCUT2D eigenvalue weighted by molar-refractivity contribution is 9.10. The lowest BCUT2D eigenvalue weighted by Crippen LogP contribution is -2.34. The molecule has 5 heteroatoms. The average molecular weight is 334 g/mol. The standard InChI is InChI=1S/C15H12BrNO3/c1-7-2-3-8(6-9(7)16)17-14(18)12-10-4-5-11(20-10)13(12)15(17)19/h2-6,10-13H,1H3/t10-,11+,12+,13-. The SMILES string of the molecule is Cc1ccc(N2C(=O)[C@@H]3[C@H](C2=O)[C@@H]2C=C[C@H]3O2)cc1Br. The number of hydrogen-bond donors (Lipinski definition) is 0. The van der Waals surface area contributed by atoms with Gasteiger partial charge in [-0.1, -0.05) is 34.1 Å². The minimum Gasteiger partial charge on any atom is -0.365 e. The van der Waals surface area contributed by atoms with Crippen LogP contribution in [-0.4, -0.2) is 24.0 Å². The number of imide groups is 1. The molecule has 0 aliphatic carbocycles. The van der Waals surface area contributed by atoms with Gasteiger partial charge in [0.25, 0.3) is 0 Å². The molecule has 1 aromatic rings. The Hall–Kier alpha value is -1.46. The number of hydrogen-bond acceptors (Lipinski definition) is 3. The van der Waals surface area contributed by atoms with E-state index in [2.05, 4.69) is 15.9 Å².